The molecule has 0 radical (unpaired) electrons. The van der Waals surface area contributed by atoms with Crippen molar-refractivity contribution < 1.29 is 14.3 Å². The van der Waals surface area contributed by atoms with Crippen LogP contribution >= 0.6 is 11.8 Å². The van der Waals surface area contributed by atoms with Gasteiger partial charge in [0.15, 0.2) is 0 Å². The van der Waals surface area contributed by atoms with E-state index in [-0.39, 0.29) is 17.8 Å². The largest absolute Gasteiger partial charge is 0.469 e. The molecule has 1 rings (SSSR count). The molecule has 4 nitrogen and oxygen atoms in total. The van der Waals surface area contributed by atoms with Gasteiger partial charge in [0.1, 0.15) is 0 Å². The molecule has 1 aliphatic heterocycles. The highest BCUT2D eigenvalue weighted by Gasteiger charge is 2.34. The number of carbonyl (C=O) groups is 2. The van der Waals surface area contributed by atoms with E-state index in [0.29, 0.717) is 13.0 Å². The molecule has 1 unspecified atom stereocenters. The van der Waals surface area contributed by atoms with Crippen molar-refractivity contribution in [3.8, 4) is 0 Å². The van der Waals surface area contributed by atoms with Crippen LogP contribution in [0.1, 0.15) is 12.8 Å². The van der Waals surface area contributed by atoms with Gasteiger partial charge in [-0.3, -0.25) is 9.59 Å². The lowest BCUT2D eigenvalue weighted by Gasteiger charge is -2.15. The molecule has 0 N–H and O–H groups in total. The van der Waals surface area contributed by atoms with Gasteiger partial charge in [-0.25, -0.2) is 0 Å². The molecule has 0 bridgehead atoms. The van der Waals surface area contributed by atoms with Gasteiger partial charge in [0.05, 0.1) is 13.0 Å². The SMILES string of the molecule is C=CCSCCCN1CC(C(=O)OC)CC1=O. The molecule has 0 spiro atoms. The van der Waals surface area contributed by atoms with Gasteiger partial charge in [0.25, 0.3) is 0 Å². The molecule has 0 aromatic rings. The summed E-state index contributed by atoms with van der Waals surface area (Å²) in [5.74, 6) is 1.47. The van der Waals surface area contributed by atoms with Crippen LogP contribution in [0.4, 0.5) is 0 Å². The van der Waals surface area contributed by atoms with E-state index in [1.165, 1.54) is 7.11 Å². The third-order valence-corrected chi connectivity index (χ3v) is 3.75. The summed E-state index contributed by atoms with van der Waals surface area (Å²) in [5, 5.41) is 0. The van der Waals surface area contributed by atoms with E-state index in [2.05, 4.69) is 11.3 Å². The summed E-state index contributed by atoms with van der Waals surface area (Å²) in [7, 11) is 1.36. The molecule has 5 heteroatoms. The maximum Gasteiger partial charge on any atom is 0.310 e. The van der Waals surface area contributed by atoms with Crippen LogP contribution in [0.25, 0.3) is 0 Å². The molecule has 1 aliphatic rings. The number of likely N-dealkylation sites (tertiary alicyclic amines) is 1. The molecule has 1 saturated heterocycles. The van der Waals surface area contributed by atoms with Crippen molar-refractivity contribution >= 4 is 23.6 Å². The normalized spacial score (nSPS) is 19.5. The Balaban J connectivity index is 2.23. The average Bonchev–Trinajstić information content (AvgIpc) is 2.70. The molecule has 96 valence electrons. The van der Waals surface area contributed by atoms with Gasteiger partial charge in [-0.15, -0.1) is 6.58 Å². The lowest BCUT2D eigenvalue weighted by Crippen LogP contribution is -2.28. The summed E-state index contributed by atoms with van der Waals surface area (Å²) in [5.41, 5.74) is 0. The standard InChI is InChI=1S/C12H19NO3S/c1-3-6-17-7-4-5-13-9-10(8-11(13)14)12(15)16-2/h3,10H,1,4-9H2,2H3. The number of nitrogens with zero attached hydrogens (tertiary/aromatic N) is 1. The molecule has 1 atom stereocenters. The van der Waals surface area contributed by atoms with E-state index in [1.807, 2.05) is 6.08 Å². The smallest absolute Gasteiger partial charge is 0.310 e. The molecule has 1 amide bonds. The molecule has 1 fully saturated rings. The van der Waals surface area contributed by atoms with E-state index >= 15 is 0 Å². The third-order valence-electron chi connectivity index (χ3n) is 2.70. The molecule has 0 aliphatic carbocycles. The third kappa shape index (κ3) is 4.42. The summed E-state index contributed by atoms with van der Waals surface area (Å²) in [6, 6.07) is 0. The predicted octanol–water partition coefficient (Wildman–Crippen LogP) is 1.32. The van der Waals surface area contributed by atoms with Crippen molar-refractivity contribution in [2.24, 2.45) is 5.92 Å². The monoisotopic (exact) mass is 257 g/mol. The van der Waals surface area contributed by atoms with Gasteiger partial charge in [0.2, 0.25) is 5.91 Å². The first-order valence-electron chi connectivity index (χ1n) is 5.73. The Morgan fingerprint density at radius 3 is 3.12 bits per heavy atom. The van der Waals surface area contributed by atoms with Crippen molar-refractivity contribution in [2.75, 3.05) is 31.7 Å². The van der Waals surface area contributed by atoms with E-state index in [4.69, 9.17) is 0 Å². The van der Waals surface area contributed by atoms with Crippen molar-refractivity contribution in [3.05, 3.63) is 12.7 Å². The fourth-order valence-electron chi connectivity index (χ4n) is 1.84. The number of hydrogen-bond acceptors (Lipinski definition) is 4. The number of carbonyl (C=O) groups excluding carboxylic acids is 2. The lowest BCUT2D eigenvalue weighted by atomic mass is 10.1. The zero-order chi connectivity index (χ0) is 12.7. The van der Waals surface area contributed by atoms with Gasteiger partial charge < -0.3 is 9.64 Å². The first-order chi connectivity index (χ1) is 8.19. The van der Waals surface area contributed by atoms with Crippen LogP contribution in [0.15, 0.2) is 12.7 Å². The second kappa shape index (κ2) is 7.37. The van der Waals surface area contributed by atoms with Gasteiger partial charge in [-0.1, -0.05) is 6.08 Å². The number of methoxy groups -OCH3 is 1. The minimum atomic E-state index is -0.276. The van der Waals surface area contributed by atoms with Crippen molar-refractivity contribution in [3.63, 3.8) is 0 Å². The van der Waals surface area contributed by atoms with E-state index < -0.39 is 0 Å². The molecule has 0 aromatic carbocycles. The Bertz CT molecular complexity index is 293. The minimum absolute atomic E-state index is 0.0640. The van der Waals surface area contributed by atoms with Crippen LogP contribution in [-0.4, -0.2) is 48.5 Å². The summed E-state index contributed by atoms with van der Waals surface area (Å²) in [6.07, 6.45) is 3.13. The van der Waals surface area contributed by atoms with Gasteiger partial charge in [0, 0.05) is 25.3 Å². The summed E-state index contributed by atoms with van der Waals surface area (Å²) >= 11 is 1.80. The molecule has 0 saturated carbocycles. The number of amides is 1. The molecule has 0 aromatic heterocycles. The average molecular weight is 257 g/mol. The summed E-state index contributed by atoms with van der Waals surface area (Å²) in [6.45, 7) is 4.89. The fourth-order valence-corrected chi connectivity index (χ4v) is 2.50. The zero-order valence-corrected chi connectivity index (χ0v) is 11.0. The van der Waals surface area contributed by atoms with Crippen LogP contribution < -0.4 is 0 Å². The number of thioether (sulfide) groups is 1. The Kier molecular flexibility index (Phi) is 6.11. The maximum absolute atomic E-state index is 11.6. The quantitative estimate of drug-likeness (QED) is 0.392. The van der Waals surface area contributed by atoms with Crippen LogP contribution in [0.3, 0.4) is 0 Å². The Hall–Kier alpha value is -0.970. The van der Waals surface area contributed by atoms with Gasteiger partial charge >= 0.3 is 5.97 Å². The number of rotatable bonds is 7. The van der Waals surface area contributed by atoms with Crippen LogP contribution in [0.2, 0.25) is 0 Å². The second-order valence-corrected chi connectivity index (χ2v) is 5.13. The number of esters is 1. The highest BCUT2D eigenvalue weighted by molar-refractivity contribution is 7.99. The highest BCUT2D eigenvalue weighted by atomic mass is 32.2. The van der Waals surface area contributed by atoms with E-state index in [0.717, 1.165) is 24.5 Å². The van der Waals surface area contributed by atoms with Crippen LogP contribution in [0.5, 0.6) is 0 Å². The number of hydrogen-bond donors (Lipinski definition) is 0. The predicted molar refractivity (Wildman–Crippen MR) is 68.8 cm³/mol. The van der Waals surface area contributed by atoms with E-state index in [9.17, 15) is 9.59 Å². The topological polar surface area (TPSA) is 46.6 Å². The van der Waals surface area contributed by atoms with Crippen molar-refractivity contribution in [1.82, 2.24) is 4.90 Å². The second-order valence-electron chi connectivity index (χ2n) is 3.98. The number of ether oxygens (including phenoxy) is 1. The Labute approximate surface area is 106 Å². The Morgan fingerprint density at radius 2 is 2.47 bits per heavy atom. The Morgan fingerprint density at radius 1 is 1.71 bits per heavy atom. The van der Waals surface area contributed by atoms with Gasteiger partial charge in [-0.2, -0.15) is 11.8 Å². The molecular formula is C12H19NO3S. The van der Waals surface area contributed by atoms with Crippen LogP contribution in [0, 0.1) is 5.92 Å². The van der Waals surface area contributed by atoms with E-state index in [1.54, 1.807) is 16.7 Å². The van der Waals surface area contributed by atoms with Crippen LogP contribution in [-0.2, 0) is 14.3 Å². The first-order valence-corrected chi connectivity index (χ1v) is 6.88. The minimum Gasteiger partial charge on any atom is -0.469 e. The molecule has 17 heavy (non-hydrogen) atoms. The summed E-state index contributed by atoms with van der Waals surface area (Å²) in [4.78, 5) is 24.7. The molecular weight excluding hydrogens is 238 g/mol. The maximum atomic E-state index is 11.6. The highest BCUT2D eigenvalue weighted by Crippen LogP contribution is 2.19. The zero-order valence-electron chi connectivity index (χ0n) is 10.2. The van der Waals surface area contributed by atoms with Gasteiger partial charge in [-0.05, 0) is 12.2 Å². The molecule has 1 heterocycles. The first kappa shape index (κ1) is 14.1. The fraction of sp³-hybridized carbons (Fsp3) is 0.667. The summed E-state index contributed by atoms with van der Waals surface area (Å²) < 4.78 is 4.66. The van der Waals surface area contributed by atoms with Crippen molar-refractivity contribution in [1.29, 1.82) is 0 Å². The lowest BCUT2D eigenvalue weighted by molar-refractivity contribution is -0.145. The van der Waals surface area contributed by atoms with Crippen molar-refractivity contribution in [2.45, 2.75) is 12.8 Å².